The summed E-state index contributed by atoms with van der Waals surface area (Å²) in [6.07, 6.45) is -0.670. The van der Waals surface area contributed by atoms with Crippen molar-refractivity contribution in [1.29, 1.82) is 0 Å². The Labute approximate surface area is 118 Å². The van der Waals surface area contributed by atoms with E-state index in [0.29, 0.717) is 23.2 Å². The molecule has 0 aliphatic heterocycles. The van der Waals surface area contributed by atoms with Crippen molar-refractivity contribution in [1.82, 2.24) is 10.6 Å². The summed E-state index contributed by atoms with van der Waals surface area (Å²) in [5.74, 6) is 1.22. The van der Waals surface area contributed by atoms with Crippen LogP contribution in [0, 0.1) is 0 Å². The first-order valence-electron chi connectivity index (χ1n) is 6.04. The van der Waals surface area contributed by atoms with E-state index in [4.69, 9.17) is 21.7 Å². The Bertz CT molecular complexity index is 426. The quantitative estimate of drug-likeness (QED) is 0.683. The molecule has 0 aromatic heterocycles. The largest absolute Gasteiger partial charge is 0.493 e. The van der Waals surface area contributed by atoms with E-state index in [0.717, 1.165) is 12.1 Å². The van der Waals surface area contributed by atoms with Crippen LogP contribution in [0.2, 0.25) is 0 Å². The first-order valence-corrected chi connectivity index (χ1v) is 6.44. The van der Waals surface area contributed by atoms with Crippen molar-refractivity contribution in [2.24, 2.45) is 0 Å². The Kier molecular flexibility index (Phi) is 6.38. The van der Waals surface area contributed by atoms with Gasteiger partial charge in [-0.25, -0.2) is 0 Å². The third-order valence-electron chi connectivity index (χ3n) is 2.59. The molecular weight excluding hydrogens is 264 g/mol. The lowest BCUT2D eigenvalue weighted by atomic mass is 10.1. The van der Waals surface area contributed by atoms with Gasteiger partial charge in [0.25, 0.3) is 0 Å². The molecule has 0 radical (unpaired) electrons. The second-order valence-electron chi connectivity index (χ2n) is 3.87. The number of aliphatic hydroxyl groups excluding tert-OH is 1. The molecule has 0 heterocycles. The highest BCUT2D eigenvalue weighted by molar-refractivity contribution is 7.80. The van der Waals surface area contributed by atoms with E-state index in [1.54, 1.807) is 32.4 Å². The van der Waals surface area contributed by atoms with Crippen molar-refractivity contribution in [3.05, 3.63) is 23.8 Å². The fourth-order valence-corrected chi connectivity index (χ4v) is 1.82. The summed E-state index contributed by atoms with van der Waals surface area (Å²) in [5.41, 5.74) is 0.740. The Morgan fingerprint density at radius 3 is 2.53 bits per heavy atom. The van der Waals surface area contributed by atoms with Gasteiger partial charge in [0.1, 0.15) is 0 Å². The zero-order valence-corrected chi connectivity index (χ0v) is 12.2. The van der Waals surface area contributed by atoms with Crippen LogP contribution in [0.1, 0.15) is 18.6 Å². The smallest absolute Gasteiger partial charge is 0.166 e. The van der Waals surface area contributed by atoms with Gasteiger partial charge in [0.2, 0.25) is 0 Å². The molecule has 0 saturated heterocycles. The van der Waals surface area contributed by atoms with E-state index in [1.165, 1.54) is 0 Å². The Morgan fingerprint density at radius 2 is 1.95 bits per heavy atom. The lowest BCUT2D eigenvalue weighted by molar-refractivity contribution is 0.180. The zero-order chi connectivity index (χ0) is 14.3. The van der Waals surface area contributed by atoms with Crippen molar-refractivity contribution in [2.45, 2.75) is 13.0 Å². The maximum atomic E-state index is 10.1. The van der Waals surface area contributed by atoms with E-state index < -0.39 is 6.10 Å². The normalized spacial score (nSPS) is 11.6. The SMILES string of the molecule is CCNC(=S)NCC(O)c1ccc(OC)c(OC)c1. The lowest BCUT2D eigenvalue weighted by Crippen LogP contribution is -2.37. The van der Waals surface area contributed by atoms with Gasteiger partial charge >= 0.3 is 0 Å². The Balaban J connectivity index is 2.66. The molecule has 1 atom stereocenters. The van der Waals surface area contributed by atoms with E-state index in [9.17, 15) is 5.11 Å². The monoisotopic (exact) mass is 284 g/mol. The van der Waals surface area contributed by atoms with Crippen LogP contribution in [-0.2, 0) is 0 Å². The van der Waals surface area contributed by atoms with Crippen molar-refractivity contribution in [3.63, 3.8) is 0 Å². The van der Waals surface area contributed by atoms with Gasteiger partial charge in [0.15, 0.2) is 16.6 Å². The average Bonchev–Trinajstić information content (AvgIpc) is 2.44. The Morgan fingerprint density at radius 1 is 1.26 bits per heavy atom. The first kappa shape index (κ1) is 15.5. The minimum absolute atomic E-state index is 0.335. The first-order chi connectivity index (χ1) is 9.12. The highest BCUT2D eigenvalue weighted by Gasteiger charge is 2.11. The van der Waals surface area contributed by atoms with Crippen molar-refractivity contribution >= 4 is 17.3 Å². The second kappa shape index (κ2) is 7.81. The van der Waals surface area contributed by atoms with E-state index in [2.05, 4.69) is 10.6 Å². The molecular formula is C13H20N2O3S. The topological polar surface area (TPSA) is 62.8 Å². The zero-order valence-electron chi connectivity index (χ0n) is 11.4. The number of hydrogen-bond donors (Lipinski definition) is 3. The molecule has 0 bridgehead atoms. The number of ether oxygens (including phenoxy) is 2. The molecule has 0 spiro atoms. The minimum Gasteiger partial charge on any atom is -0.493 e. The molecule has 6 heteroatoms. The van der Waals surface area contributed by atoms with Crippen LogP contribution in [-0.4, -0.2) is 37.5 Å². The fraction of sp³-hybridized carbons (Fsp3) is 0.462. The molecule has 1 unspecified atom stereocenters. The molecule has 0 aliphatic rings. The molecule has 3 N–H and O–H groups in total. The molecule has 0 saturated carbocycles. The molecule has 106 valence electrons. The van der Waals surface area contributed by atoms with Crippen LogP contribution >= 0.6 is 12.2 Å². The third-order valence-corrected chi connectivity index (χ3v) is 2.87. The molecule has 19 heavy (non-hydrogen) atoms. The number of aliphatic hydroxyl groups is 1. The van der Waals surface area contributed by atoms with Crippen LogP contribution in [0.25, 0.3) is 0 Å². The van der Waals surface area contributed by atoms with Crippen LogP contribution in [0.5, 0.6) is 11.5 Å². The van der Waals surface area contributed by atoms with Gasteiger partial charge in [-0.3, -0.25) is 0 Å². The maximum absolute atomic E-state index is 10.1. The summed E-state index contributed by atoms with van der Waals surface area (Å²) in [6, 6.07) is 5.31. The summed E-state index contributed by atoms with van der Waals surface area (Å²) >= 11 is 5.03. The van der Waals surface area contributed by atoms with Crippen molar-refractivity contribution < 1.29 is 14.6 Å². The summed E-state index contributed by atoms with van der Waals surface area (Å²) in [4.78, 5) is 0. The van der Waals surface area contributed by atoms with Crippen molar-refractivity contribution in [3.8, 4) is 11.5 Å². The van der Waals surface area contributed by atoms with Gasteiger partial charge in [-0.05, 0) is 36.8 Å². The van der Waals surface area contributed by atoms with Gasteiger partial charge in [-0.15, -0.1) is 0 Å². The average molecular weight is 284 g/mol. The second-order valence-corrected chi connectivity index (χ2v) is 4.28. The van der Waals surface area contributed by atoms with Gasteiger partial charge in [-0.2, -0.15) is 0 Å². The number of rotatable bonds is 6. The van der Waals surface area contributed by atoms with Crippen LogP contribution in [0.3, 0.4) is 0 Å². The molecule has 1 rings (SSSR count). The summed E-state index contributed by atoms with van der Waals surface area (Å²) in [7, 11) is 3.14. The molecule has 5 nitrogen and oxygen atoms in total. The number of hydrogen-bond acceptors (Lipinski definition) is 4. The van der Waals surface area contributed by atoms with E-state index >= 15 is 0 Å². The minimum atomic E-state index is -0.670. The highest BCUT2D eigenvalue weighted by Crippen LogP contribution is 2.29. The molecule has 0 amide bonds. The predicted molar refractivity (Wildman–Crippen MR) is 78.8 cm³/mol. The van der Waals surface area contributed by atoms with Crippen LogP contribution < -0.4 is 20.1 Å². The molecule has 1 aromatic rings. The van der Waals surface area contributed by atoms with Crippen LogP contribution in [0.15, 0.2) is 18.2 Å². The van der Waals surface area contributed by atoms with Gasteiger partial charge in [0, 0.05) is 13.1 Å². The van der Waals surface area contributed by atoms with Crippen molar-refractivity contribution in [2.75, 3.05) is 27.3 Å². The molecule has 0 fully saturated rings. The van der Waals surface area contributed by atoms with Gasteiger partial charge in [0.05, 0.1) is 20.3 Å². The summed E-state index contributed by atoms with van der Waals surface area (Å²) in [5, 5.41) is 16.5. The third kappa shape index (κ3) is 4.57. The number of methoxy groups -OCH3 is 2. The predicted octanol–water partition coefficient (Wildman–Crippen LogP) is 1.22. The lowest BCUT2D eigenvalue weighted by Gasteiger charge is -2.16. The fourth-order valence-electron chi connectivity index (χ4n) is 1.59. The van der Waals surface area contributed by atoms with E-state index in [-0.39, 0.29) is 0 Å². The summed E-state index contributed by atoms with van der Waals surface area (Å²) < 4.78 is 10.3. The number of nitrogens with one attached hydrogen (secondary N) is 2. The number of benzene rings is 1. The molecule has 1 aromatic carbocycles. The maximum Gasteiger partial charge on any atom is 0.166 e. The van der Waals surface area contributed by atoms with Gasteiger partial charge < -0.3 is 25.2 Å². The van der Waals surface area contributed by atoms with Gasteiger partial charge in [-0.1, -0.05) is 6.07 Å². The Hall–Kier alpha value is -1.53. The number of thiocarbonyl (C=S) groups is 1. The molecule has 0 aliphatic carbocycles. The van der Waals surface area contributed by atoms with Crippen LogP contribution in [0.4, 0.5) is 0 Å². The van der Waals surface area contributed by atoms with E-state index in [1.807, 2.05) is 6.92 Å². The highest BCUT2D eigenvalue weighted by atomic mass is 32.1. The standard InChI is InChI=1S/C13H20N2O3S/c1-4-14-13(19)15-8-10(16)9-5-6-11(17-2)12(7-9)18-3/h5-7,10,16H,4,8H2,1-3H3,(H2,14,15,19). The summed E-state index contributed by atoms with van der Waals surface area (Å²) in [6.45, 7) is 3.04.